The SMILES string of the molecule is O=C(c1cncc(N=C(c2ccccc2)c2ccccc2)c1)c1c[nH]c2ncncc12. The van der Waals surface area contributed by atoms with E-state index in [-0.39, 0.29) is 5.78 Å². The molecule has 0 fully saturated rings. The van der Waals surface area contributed by atoms with E-state index in [1.807, 2.05) is 60.7 Å². The second-order valence-electron chi connectivity index (χ2n) is 6.94. The Morgan fingerprint density at radius 3 is 2.23 bits per heavy atom. The first kappa shape index (κ1) is 18.6. The number of aromatic amines is 1. The molecule has 31 heavy (non-hydrogen) atoms. The highest BCUT2D eigenvalue weighted by Crippen LogP contribution is 2.22. The Kier molecular flexibility index (Phi) is 4.86. The maximum atomic E-state index is 13.1. The molecule has 6 heteroatoms. The number of H-pyrrole nitrogens is 1. The fourth-order valence-electron chi connectivity index (χ4n) is 3.43. The zero-order valence-corrected chi connectivity index (χ0v) is 16.4. The number of nitrogens with zero attached hydrogens (tertiary/aromatic N) is 4. The molecule has 148 valence electrons. The van der Waals surface area contributed by atoms with E-state index in [4.69, 9.17) is 4.99 Å². The van der Waals surface area contributed by atoms with E-state index in [2.05, 4.69) is 19.9 Å². The van der Waals surface area contributed by atoms with Crippen LogP contribution in [0.5, 0.6) is 0 Å². The molecule has 0 aliphatic heterocycles. The van der Waals surface area contributed by atoms with Crippen molar-refractivity contribution in [1.29, 1.82) is 0 Å². The normalized spacial score (nSPS) is 10.7. The molecule has 0 spiro atoms. The summed E-state index contributed by atoms with van der Waals surface area (Å²) < 4.78 is 0. The highest BCUT2D eigenvalue weighted by atomic mass is 16.1. The molecule has 0 aliphatic rings. The lowest BCUT2D eigenvalue weighted by Crippen LogP contribution is -2.04. The van der Waals surface area contributed by atoms with Crippen molar-refractivity contribution in [3.63, 3.8) is 0 Å². The number of carbonyl (C=O) groups is 1. The Labute approximate surface area is 178 Å². The van der Waals surface area contributed by atoms with Crippen LogP contribution < -0.4 is 0 Å². The van der Waals surface area contributed by atoms with Crippen molar-refractivity contribution in [2.45, 2.75) is 0 Å². The van der Waals surface area contributed by atoms with Crippen molar-refractivity contribution in [3.8, 4) is 0 Å². The molecule has 0 radical (unpaired) electrons. The van der Waals surface area contributed by atoms with Gasteiger partial charge in [0, 0.05) is 40.7 Å². The molecule has 5 aromatic rings. The smallest absolute Gasteiger partial charge is 0.196 e. The molecule has 0 saturated carbocycles. The monoisotopic (exact) mass is 403 g/mol. The van der Waals surface area contributed by atoms with Gasteiger partial charge < -0.3 is 4.98 Å². The quantitative estimate of drug-likeness (QED) is 0.339. The Morgan fingerprint density at radius 2 is 1.52 bits per heavy atom. The highest BCUT2D eigenvalue weighted by Gasteiger charge is 2.16. The Balaban J connectivity index is 1.57. The number of hydrogen-bond acceptors (Lipinski definition) is 5. The van der Waals surface area contributed by atoms with E-state index in [1.165, 1.54) is 6.33 Å². The molecule has 1 N–H and O–H groups in total. The number of hydrogen-bond donors (Lipinski definition) is 1. The molecule has 0 saturated heterocycles. The first-order chi connectivity index (χ1) is 15.3. The van der Waals surface area contributed by atoms with Gasteiger partial charge in [-0.25, -0.2) is 15.0 Å². The molecule has 6 nitrogen and oxygen atoms in total. The van der Waals surface area contributed by atoms with Crippen LogP contribution in [0, 0.1) is 0 Å². The van der Waals surface area contributed by atoms with Crippen molar-refractivity contribution in [2.75, 3.05) is 0 Å². The van der Waals surface area contributed by atoms with Gasteiger partial charge in [-0.3, -0.25) is 9.78 Å². The molecular formula is C25H17N5O. The minimum absolute atomic E-state index is 0.161. The van der Waals surface area contributed by atoms with E-state index in [1.54, 1.807) is 30.9 Å². The van der Waals surface area contributed by atoms with Crippen molar-refractivity contribution in [2.24, 2.45) is 4.99 Å². The number of aliphatic imine (C=N–C) groups is 1. The van der Waals surface area contributed by atoms with Gasteiger partial charge in [0.2, 0.25) is 0 Å². The topological polar surface area (TPSA) is 83.9 Å². The van der Waals surface area contributed by atoms with Crippen LogP contribution in [0.4, 0.5) is 5.69 Å². The Hall–Kier alpha value is -4.45. The number of carbonyl (C=O) groups excluding carboxylic acids is 1. The highest BCUT2D eigenvalue weighted by molar-refractivity contribution is 6.16. The minimum atomic E-state index is -0.161. The second-order valence-corrected chi connectivity index (χ2v) is 6.94. The van der Waals surface area contributed by atoms with Crippen molar-refractivity contribution >= 4 is 28.2 Å². The number of nitrogens with one attached hydrogen (secondary N) is 1. The van der Waals surface area contributed by atoms with E-state index < -0.39 is 0 Å². The van der Waals surface area contributed by atoms with Crippen molar-refractivity contribution in [3.05, 3.63) is 120 Å². The van der Waals surface area contributed by atoms with Gasteiger partial charge in [0.25, 0.3) is 0 Å². The molecule has 5 rings (SSSR count). The molecule has 3 aromatic heterocycles. The zero-order valence-electron chi connectivity index (χ0n) is 16.4. The first-order valence-electron chi connectivity index (χ1n) is 9.76. The minimum Gasteiger partial charge on any atom is -0.345 e. The predicted molar refractivity (Wildman–Crippen MR) is 120 cm³/mol. The molecule has 2 aromatic carbocycles. The summed E-state index contributed by atoms with van der Waals surface area (Å²) in [5.41, 5.74) is 4.96. The number of fused-ring (bicyclic) bond motifs is 1. The summed E-state index contributed by atoms with van der Waals surface area (Å²) in [6.07, 6.45) is 7.93. The van der Waals surface area contributed by atoms with Gasteiger partial charge in [0.1, 0.15) is 12.0 Å². The van der Waals surface area contributed by atoms with E-state index in [0.717, 1.165) is 16.8 Å². The standard InChI is InChI=1S/C25H17N5O/c31-24(21-15-28-25-22(21)14-27-16-29-25)19-11-20(13-26-12-19)30-23(17-7-3-1-4-8-17)18-9-5-2-6-10-18/h1-16H,(H,27,28,29). The average molecular weight is 403 g/mol. The van der Waals surface area contributed by atoms with E-state index >= 15 is 0 Å². The molecule has 3 heterocycles. The molecule has 0 atom stereocenters. The maximum Gasteiger partial charge on any atom is 0.196 e. The van der Waals surface area contributed by atoms with Crippen LogP contribution in [-0.2, 0) is 0 Å². The third kappa shape index (κ3) is 3.74. The zero-order chi connectivity index (χ0) is 21.0. The summed E-state index contributed by atoms with van der Waals surface area (Å²) in [6, 6.07) is 21.7. The van der Waals surface area contributed by atoms with Gasteiger partial charge in [-0.2, -0.15) is 0 Å². The van der Waals surface area contributed by atoms with Crippen LogP contribution in [0.2, 0.25) is 0 Å². The summed E-state index contributed by atoms with van der Waals surface area (Å²) in [6.45, 7) is 0. The van der Waals surface area contributed by atoms with Crippen LogP contribution in [0.3, 0.4) is 0 Å². The average Bonchev–Trinajstić information content (AvgIpc) is 3.27. The van der Waals surface area contributed by atoms with Crippen molar-refractivity contribution in [1.82, 2.24) is 19.9 Å². The molecule has 0 aliphatic carbocycles. The first-order valence-corrected chi connectivity index (χ1v) is 9.76. The lowest BCUT2D eigenvalue weighted by atomic mass is 10.0. The number of aromatic nitrogens is 4. The summed E-state index contributed by atoms with van der Waals surface area (Å²) >= 11 is 0. The largest absolute Gasteiger partial charge is 0.345 e. The number of rotatable bonds is 5. The van der Waals surface area contributed by atoms with Crippen LogP contribution in [-0.4, -0.2) is 31.4 Å². The number of pyridine rings is 1. The van der Waals surface area contributed by atoms with Crippen LogP contribution >= 0.6 is 0 Å². The molecule has 0 unspecified atom stereocenters. The number of benzene rings is 2. The summed E-state index contributed by atoms with van der Waals surface area (Å²) in [7, 11) is 0. The molecule has 0 bridgehead atoms. The second kappa shape index (κ2) is 8.12. The van der Waals surface area contributed by atoms with E-state index in [9.17, 15) is 4.79 Å². The number of ketones is 1. The summed E-state index contributed by atoms with van der Waals surface area (Å²) in [5.74, 6) is -0.161. The fraction of sp³-hybridized carbons (Fsp3) is 0. The van der Waals surface area contributed by atoms with Gasteiger partial charge in [-0.05, 0) is 6.07 Å². The molecule has 0 amide bonds. The lowest BCUT2D eigenvalue weighted by Gasteiger charge is -2.08. The van der Waals surface area contributed by atoms with Crippen LogP contribution in [0.1, 0.15) is 27.0 Å². The third-order valence-corrected chi connectivity index (χ3v) is 4.92. The van der Waals surface area contributed by atoms with Gasteiger partial charge in [0.05, 0.1) is 23.2 Å². The van der Waals surface area contributed by atoms with Crippen LogP contribution in [0.15, 0.2) is 103 Å². The third-order valence-electron chi connectivity index (χ3n) is 4.92. The lowest BCUT2D eigenvalue weighted by molar-refractivity contribution is 0.104. The summed E-state index contributed by atoms with van der Waals surface area (Å²) in [4.78, 5) is 33.4. The van der Waals surface area contributed by atoms with Gasteiger partial charge in [-0.15, -0.1) is 0 Å². The predicted octanol–water partition coefficient (Wildman–Crippen LogP) is 4.75. The Morgan fingerprint density at radius 1 is 0.806 bits per heavy atom. The van der Waals surface area contributed by atoms with Crippen molar-refractivity contribution < 1.29 is 4.79 Å². The van der Waals surface area contributed by atoms with Gasteiger partial charge in [-0.1, -0.05) is 60.7 Å². The molecular weight excluding hydrogens is 386 g/mol. The maximum absolute atomic E-state index is 13.1. The van der Waals surface area contributed by atoms with Crippen LogP contribution in [0.25, 0.3) is 11.0 Å². The fourth-order valence-corrected chi connectivity index (χ4v) is 3.43. The van der Waals surface area contributed by atoms with E-state index in [0.29, 0.717) is 27.8 Å². The van der Waals surface area contributed by atoms with Gasteiger partial charge in [0.15, 0.2) is 5.78 Å². The summed E-state index contributed by atoms with van der Waals surface area (Å²) in [5, 5.41) is 0.677. The Bertz CT molecular complexity index is 1350. The van der Waals surface area contributed by atoms with Gasteiger partial charge >= 0.3 is 0 Å².